The molecule has 3 heteroatoms. The summed E-state index contributed by atoms with van der Waals surface area (Å²) in [6.45, 7) is 0.646. The fourth-order valence-electron chi connectivity index (χ4n) is 3.10. The first-order valence-corrected chi connectivity index (χ1v) is 8.55. The van der Waals surface area contributed by atoms with Crippen molar-refractivity contribution in [2.45, 2.75) is 13.2 Å². The Morgan fingerprint density at radius 1 is 0.731 bits per heavy atom. The lowest BCUT2D eigenvalue weighted by Gasteiger charge is -2.12. The van der Waals surface area contributed by atoms with Crippen molar-refractivity contribution in [2.24, 2.45) is 0 Å². The zero-order valence-electron chi connectivity index (χ0n) is 14.2. The second-order valence-corrected chi connectivity index (χ2v) is 6.08. The van der Waals surface area contributed by atoms with E-state index in [1.165, 1.54) is 0 Å². The SMILES string of the molecule is O=c1oc2ccccc2c(-c2ccccc2)c1COCc1ccccc1. The smallest absolute Gasteiger partial charge is 0.342 e. The van der Waals surface area contributed by atoms with Crippen molar-refractivity contribution in [1.82, 2.24) is 0 Å². The summed E-state index contributed by atoms with van der Waals surface area (Å²) in [6, 6.07) is 27.4. The van der Waals surface area contributed by atoms with Gasteiger partial charge < -0.3 is 9.15 Å². The number of rotatable bonds is 5. The Hall–Kier alpha value is -3.17. The summed E-state index contributed by atoms with van der Waals surface area (Å²) in [7, 11) is 0. The number of benzene rings is 3. The first-order valence-electron chi connectivity index (χ1n) is 8.55. The topological polar surface area (TPSA) is 39.4 Å². The summed E-state index contributed by atoms with van der Waals surface area (Å²) in [5, 5.41) is 0.914. The molecule has 26 heavy (non-hydrogen) atoms. The van der Waals surface area contributed by atoms with E-state index >= 15 is 0 Å². The van der Waals surface area contributed by atoms with Crippen LogP contribution in [0.3, 0.4) is 0 Å². The van der Waals surface area contributed by atoms with Gasteiger partial charge in [-0.15, -0.1) is 0 Å². The summed E-state index contributed by atoms with van der Waals surface area (Å²) in [4.78, 5) is 12.6. The van der Waals surface area contributed by atoms with Crippen molar-refractivity contribution < 1.29 is 9.15 Å². The van der Waals surface area contributed by atoms with Crippen molar-refractivity contribution in [3.05, 3.63) is 106 Å². The van der Waals surface area contributed by atoms with Gasteiger partial charge in [-0.25, -0.2) is 4.79 Å². The van der Waals surface area contributed by atoms with Gasteiger partial charge >= 0.3 is 5.63 Å². The van der Waals surface area contributed by atoms with Gasteiger partial charge in [0.05, 0.1) is 18.8 Å². The Labute approximate surface area is 151 Å². The molecule has 3 nitrogen and oxygen atoms in total. The maximum absolute atomic E-state index is 12.6. The zero-order chi connectivity index (χ0) is 17.8. The summed E-state index contributed by atoms with van der Waals surface area (Å²) < 4.78 is 11.4. The number of ether oxygens (including phenoxy) is 1. The van der Waals surface area contributed by atoms with Crippen LogP contribution in [-0.2, 0) is 18.0 Å². The molecule has 0 aliphatic carbocycles. The van der Waals surface area contributed by atoms with Gasteiger partial charge in [-0.2, -0.15) is 0 Å². The number of hydrogen-bond donors (Lipinski definition) is 0. The van der Waals surface area contributed by atoms with Crippen LogP contribution >= 0.6 is 0 Å². The van der Waals surface area contributed by atoms with E-state index in [9.17, 15) is 4.79 Å². The number of hydrogen-bond acceptors (Lipinski definition) is 3. The van der Waals surface area contributed by atoms with Gasteiger partial charge in [0.25, 0.3) is 0 Å². The van der Waals surface area contributed by atoms with Crippen LogP contribution in [0.1, 0.15) is 11.1 Å². The van der Waals surface area contributed by atoms with Crippen LogP contribution in [-0.4, -0.2) is 0 Å². The Kier molecular flexibility index (Phi) is 4.63. The molecule has 0 atom stereocenters. The first kappa shape index (κ1) is 16.3. The molecule has 0 aliphatic rings. The van der Waals surface area contributed by atoms with Crippen LogP contribution in [0.2, 0.25) is 0 Å². The summed E-state index contributed by atoms with van der Waals surface area (Å²) in [5.74, 6) is 0. The molecule has 4 rings (SSSR count). The maximum Gasteiger partial charge on any atom is 0.342 e. The third-order valence-electron chi connectivity index (χ3n) is 4.33. The predicted octanol–water partition coefficient (Wildman–Crippen LogP) is 5.18. The van der Waals surface area contributed by atoms with Gasteiger partial charge in [-0.3, -0.25) is 0 Å². The maximum atomic E-state index is 12.6. The summed E-state index contributed by atoms with van der Waals surface area (Å²) in [6.07, 6.45) is 0. The average Bonchev–Trinajstić information content (AvgIpc) is 2.70. The predicted molar refractivity (Wildman–Crippen MR) is 103 cm³/mol. The fourth-order valence-corrected chi connectivity index (χ4v) is 3.10. The van der Waals surface area contributed by atoms with Crippen molar-refractivity contribution in [3.63, 3.8) is 0 Å². The Morgan fingerprint density at radius 2 is 1.38 bits per heavy atom. The summed E-state index contributed by atoms with van der Waals surface area (Å²) >= 11 is 0. The molecule has 0 saturated carbocycles. The van der Waals surface area contributed by atoms with E-state index in [1.54, 1.807) is 0 Å². The number of fused-ring (bicyclic) bond motifs is 1. The zero-order valence-corrected chi connectivity index (χ0v) is 14.2. The molecule has 128 valence electrons. The Bertz CT molecular complexity index is 1070. The third kappa shape index (κ3) is 3.30. The molecule has 1 heterocycles. The Morgan fingerprint density at radius 3 is 2.15 bits per heavy atom. The highest BCUT2D eigenvalue weighted by Crippen LogP contribution is 2.30. The largest absolute Gasteiger partial charge is 0.422 e. The highest BCUT2D eigenvalue weighted by atomic mass is 16.5. The lowest BCUT2D eigenvalue weighted by molar-refractivity contribution is 0.105. The molecule has 0 N–H and O–H groups in total. The van der Waals surface area contributed by atoms with Crippen molar-refractivity contribution in [3.8, 4) is 11.1 Å². The van der Waals surface area contributed by atoms with Crippen molar-refractivity contribution in [2.75, 3.05) is 0 Å². The molecule has 0 spiro atoms. The van der Waals surface area contributed by atoms with Gasteiger partial charge in [-0.1, -0.05) is 78.9 Å². The quantitative estimate of drug-likeness (QED) is 0.469. The monoisotopic (exact) mass is 342 g/mol. The van der Waals surface area contributed by atoms with E-state index in [4.69, 9.17) is 9.15 Å². The minimum Gasteiger partial charge on any atom is -0.422 e. The molecule has 0 bridgehead atoms. The lowest BCUT2D eigenvalue weighted by atomic mass is 9.97. The molecule has 0 fully saturated rings. The molecule has 0 saturated heterocycles. The molecule has 1 aromatic heterocycles. The van der Waals surface area contributed by atoms with Crippen LogP contribution in [0, 0.1) is 0 Å². The molecular weight excluding hydrogens is 324 g/mol. The van der Waals surface area contributed by atoms with Gasteiger partial charge in [0.2, 0.25) is 0 Å². The minimum atomic E-state index is -0.351. The van der Waals surface area contributed by atoms with E-state index in [2.05, 4.69) is 0 Å². The van der Waals surface area contributed by atoms with Crippen LogP contribution in [0.15, 0.2) is 94.1 Å². The van der Waals surface area contributed by atoms with Gasteiger partial charge in [0, 0.05) is 10.9 Å². The van der Waals surface area contributed by atoms with Gasteiger partial charge in [-0.05, 0) is 17.2 Å². The van der Waals surface area contributed by atoms with Crippen LogP contribution < -0.4 is 5.63 Å². The van der Waals surface area contributed by atoms with E-state index in [0.29, 0.717) is 17.8 Å². The minimum absolute atomic E-state index is 0.201. The highest BCUT2D eigenvalue weighted by molar-refractivity contribution is 5.94. The second kappa shape index (κ2) is 7.38. The third-order valence-corrected chi connectivity index (χ3v) is 4.33. The highest BCUT2D eigenvalue weighted by Gasteiger charge is 2.16. The van der Waals surface area contributed by atoms with Gasteiger partial charge in [0.1, 0.15) is 5.58 Å². The van der Waals surface area contributed by atoms with E-state index in [1.807, 2.05) is 84.9 Å². The standard InChI is InChI=1S/C23H18O3/c24-23-20(16-25-15-17-9-3-1-4-10-17)22(18-11-5-2-6-12-18)19-13-7-8-14-21(19)26-23/h1-14H,15-16H2. The van der Waals surface area contributed by atoms with Crippen molar-refractivity contribution >= 4 is 11.0 Å². The second-order valence-electron chi connectivity index (χ2n) is 6.08. The normalized spacial score (nSPS) is 10.9. The van der Waals surface area contributed by atoms with E-state index in [-0.39, 0.29) is 12.2 Å². The van der Waals surface area contributed by atoms with Crippen LogP contribution in [0.25, 0.3) is 22.1 Å². The molecule has 0 aliphatic heterocycles. The van der Waals surface area contributed by atoms with Crippen LogP contribution in [0.5, 0.6) is 0 Å². The molecule has 0 unspecified atom stereocenters. The molecule has 0 amide bonds. The van der Waals surface area contributed by atoms with E-state index in [0.717, 1.165) is 22.1 Å². The van der Waals surface area contributed by atoms with Gasteiger partial charge in [0.15, 0.2) is 0 Å². The number of para-hydroxylation sites is 1. The Balaban J connectivity index is 1.76. The van der Waals surface area contributed by atoms with Crippen LogP contribution in [0.4, 0.5) is 0 Å². The van der Waals surface area contributed by atoms with Crippen molar-refractivity contribution in [1.29, 1.82) is 0 Å². The lowest BCUT2D eigenvalue weighted by Crippen LogP contribution is -2.11. The molecular formula is C23H18O3. The average molecular weight is 342 g/mol. The molecule has 0 radical (unpaired) electrons. The fraction of sp³-hybridized carbons (Fsp3) is 0.0870. The molecule has 4 aromatic rings. The molecule has 3 aromatic carbocycles. The first-order chi connectivity index (χ1) is 12.8. The summed E-state index contributed by atoms with van der Waals surface area (Å²) in [5.41, 5.74) is 3.71. The van der Waals surface area contributed by atoms with E-state index < -0.39 is 0 Å².